The van der Waals surface area contributed by atoms with Crippen LogP contribution in [-0.2, 0) is 9.84 Å². The van der Waals surface area contributed by atoms with Gasteiger partial charge in [0.25, 0.3) is 15.5 Å². The molecule has 2 aromatic rings. The van der Waals surface area contributed by atoms with Gasteiger partial charge in [0.2, 0.25) is 0 Å². The first-order chi connectivity index (χ1) is 12.5. The highest BCUT2D eigenvalue weighted by Gasteiger charge is 2.47. The molecule has 0 amide bonds. The molecule has 27 heavy (non-hydrogen) atoms. The number of nitro groups is 1. The van der Waals surface area contributed by atoms with Crippen molar-refractivity contribution < 1.29 is 31.2 Å². The SMILES string of the molecule is COc1ccccc1[C@H](C)Nc1ccc(S(=O)(=O)C(F)(F)F)cc1[N+](=O)[O-]. The van der Waals surface area contributed by atoms with Crippen LogP contribution in [0.2, 0.25) is 0 Å². The molecule has 0 unspecified atom stereocenters. The van der Waals surface area contributed by atoms with E-state index in [9.17, 15) is 31.7 Å². The Morgan fingerprint density at radius 1 is 1.19 bits per heavy atom. The molecule has 0 aliphatic carbocycles. The summed E-state index contributed by atoms with van der Waals surface area (Å²) in [6.45, 7) is 1.67. The van der Waals surface area contributed by atoms with Gasteiger partial charge in [-0.2, -0.15) is 13.2 Å². The fourth-order valence-corrected chi connectivity index (χ4v) is 3.20. The largest absolute Gasteiger partial charge is 0.501 e. The Kier molecular flexibility index (Phi) is 5.64. The Bertz CT molecular complexity index is 961. The van der Waals surface area contributed by atoms with Crippen molar-refractivity contribution in [2.45, 2.75) is 23.4 Å². The van der Waals surface area contributed by atoms with E-state index in [0.717, 1.165) is 6.07 Å². The van der Waals surface area contributed by atoms with Crippen LogP contribution in [0.1, 0.15) is 18.5 Å². The number of nitrogens with zero attached hydrogens (tertiary/aromatic N) is 1. The third-order valence-electron chi connectivity index (χ3n) is 3.76. The van der Waals surface area contributed by atoms with E-state index in [-0.39, 0.29) is 5.69 Å². The summed E-state index contributed by atoms with van der Waals surface area (Å²) in [4.78, 5) is 9.11. The van der Waals surface area contributed by atoms with Crippen LogP contribution in [0.4, 0.5) is 24.5 Å². The number of para-hydroxylation sites is 1. The van der Waals surface area contributed by atoms with Gasteiger partial charge in [-0.1, -0.05) is 18.2 Å². The van der Waals surface area contributed by atoms with Crippen molar-refractivity contribution in [1.29, 1.82) is 0 Å². The summed E-state index contributed by atoms with van der Waals surface area (Å²) in [6, 6.07) is 8.34. The number of benzene rings is 2. The van der Waals surface area contributed by atoms with Gasteiger partial charge in [0, 0.05) is 11.6 Å². The summed E-state index contributed by atoms with van der Waals surface area (Å²) in [6.07, 6.45) is 0. The Morgan fingerprint density at radius 3 is 2.37 bits per heavy atom. The molecule has 0 heterocycles. The van der Waals surface area contributed by atoms with E-state index in [0.29, 0.717) is 23.4 Å². The molecule has 7 nitrogen and oxygen atoms in total. The lowest BCUT2D eigenvalue weighted by atomic mass is 10.1. The van der Waals surface area contributed by atoms with Crippen molar-refractivity contribution >= 4 is 21.2 Å². The number of nitro benzene ring substituents is 1. The third-order valence-corrected chi connectivity index (χ3v) is 5.24. The first-order valence-corrected chi connectivity index (χ1v) is 8.96. The van der Waals surface area contributed by atoms with Crippen molar-refractivity contribution in [3.05, 3.63) is 58.1 Å². The standard InChI is InChI=1S/C16H15F3N2O5S/c1-10(12-5-3-4-6-15(12)26-2)20-13-8-7-11(9-14(13)21(22)23)27(24,25)16(17,18)19/h3-10,20H,1-2H3/t10-/m0/s1. The van der Waals surface area contributed by atoms with Crippen LogP contribution in [0.5, 0.6) is 5.75 Å². The minimum absolute atomic E-state index is 0.125. The van der Waals surface area contributed by atoms with E-state index in [2.05, 4.69) is 5.32 Å². The number of alkyl halides is 3. The quantitative estimate of drug-likeness (QED) is 0.576. The molecular formula is C16H15F3N2O5S. The van der Waals surface area contributed by atoms with Gasteiger partial charge in [-0.05, 0) is 25.1 Å². The second kappa shape index (κ2) is 7.43. The van der Waals surface area contributed by atoms with Gasteiger partial charge in [0.05, 0.1) is 23.0 Å². The number of hydrogen-bond donors (Lipinski definition) is 1. The summed E-state index contributed by atoms with van der Waals surface area (Å²) in [5, 5.41) is 14.1. The van der Waals surface area contributed by atoms with Crippen molar-refractivity contribution in [2.75, 3.05) is 12.4 Å². The van der Waals surface area contributed by atoms with Crippen LogP contribution >= 0.6 is 0 Å². The van der Waals surface area contributed by atoms with Crippen LogP contribution < -0.4 is 10.1 Å². The van der Waals surface area contributed by atoms with Gasteiger partial charge in [-0.15, -0.1) is 0 Å². The van der Waals surface area contributed by atoms with Crippen LogP contribution in [-0.4, -0.2) is 26.0 Å². The van der Waals surface area contributed by atoms with Gasteiger partial charge < -0.3 is 10.1 Å². The van der Waals surface area contributed by atoms with Gasteiger partial charge in [0.1, 0.15) is 11.4 Å². The highest BCUT2D eigenvalue weighted by molar-refractivity contribution is 7.92. The van der Waals surface area contributed by atoms with Crippen LogP contribution in [0, 0.1) is 10.1 Å². The van der Waals surface area contributed by atoms with Gasteiger partial charge in [-0.25, -0.2) is 8.42 Å². The van der Waals surface area contributed by atoms with Crippen molar-refractivity contribution in [3.8, 4) is 5.75 Å². The predicted octanol–water partition coefficient (Wildman–Crippen LogP) is 4.07. The molecule has 0 saturated carbocycles. The van der Waals surface area contributed by atoms with Gasteiger partial charge in [-0.3, -0.25) is 10.1 Å². The maximum Gasteiger partial charge on any atom is 0.501 e. The minimum atomic E-state index is -5.69. The molecule has 146 valence electrons. The molecule has 1 N–H and O–H groups in total. The maximum atomic E-state index is 12.7. The molecule has 0 radical (unpaired) electrons. The average Bonchev–Trinajstić information content (AvgIpc) is 2.60. The molecular weight excluding hydrogens is 389 g/mol. The maximum absolute atomic E-state index is 12.7. The highest BCUT2D eigenvalue weighted by atomic mass is 32.2. The summed E-state index contributed by atoms with van der Waals surface area (Å²) in [5.74, 6) is 0.511. The van der Waals surface area contributed by atoms with Crippen molar-refractivity contribution in [1.82, 2.24) is 0 Å². The molecule has 0 aliphatic rings. The molecule has 2 aromatic carbocycles. The normalized spacial score (nSPS) is 13.1. The lowest BCUT2D eigenvalue weighted by Crippen LogP contribution is -2.23. The van der Waals surface area contributed by atoms with Gasteiger partial charge >= 0.3 is 5.51 Å². The van der Waals surface area contributed by atoms with Crippen LogP contribution in [0.25, 0.3) is 0 Å². The van der Waals surface area contributed by atoms with Crippen LogP contribution in [0.3, 0.4) is 0 Å². The summed E-state index contributed by atoms with van der Waals surface area (Å²) >= 11 is 0. The van der Waals surface area contributed by atoms with E-state index in [4.69, 9.17) is 4.74 Å². The second-order valence-electron chi connectivity index (χ2n) is 5.49. The van der Waals surface area contributed by atoms with E-state index < -0.39 is 36.9 Å². The number of methoxy groups -OCH3 is 1. The smallest absolute Gasteiger partial charge is 0.496 e. The molecule has 0 saturated heterocycles. The van der Waals surface area contributed by atoms with E-state index in [1.54, 1.807) is 31.2 Å². The molecule has 0 spiro atoms. The molecule has 11 heteroatoms. The minimum Gasteiger partial charge on any atom is -0.496 e. The number of halogens is 3. The first kappa shape index (κ1) is 20.5. The number of rotatable bonds is 6. The zero-order chi connectivity index (χ0) is 20.4. The third kappa shape index (κ3) is 4.13. The highest BCUT2D eigenvalue weighted by Crippen LogP contribution is 2.36. The number of ether oxygens (including phenoxy) is 1. The Balaban J connectivity index is 2.45. The molecule has 0 aliphatic heterocycles. The van der Waals surface area contributed by atoms with E-state index in [1.807, 2.05) is 0 Å². The summed E-state index contributed by atoms with van der Waals surface area (Å²) in [7, 11) is -4.24. The number of nitrogens with one attached hydrogen (secondary N) is 1. The predicted molar refractivity (Wildman–Crippen MR) is 91.4 cm³/mol. The summed E-state index contributed by atoms with van der Waals surface area (Å²) < 4.78 is 66.2. The first-order valence-electron chi connectivity index (χ1n) is 7.48. The zero-order valence-corrected chi connectivity index (χ0v) is 15.0. The zero-order valence-electron chi connectivity index (χ0n) is 14.1. The molecule has 0 bridgehead atoms. The molecule has 0 fully saturated rings. The van der Waals surface area contributed by atoms with E-state index in [1.165, 1.54) is 7.11 Å². The lowest BCUT2D eigenvalue weighted by molar-refractivity contribution is -0.384. The Hall–Kier alpha value is -2.82. The van der Waals surface area contributed by atoms with E-state index >= 15 is 0 Å². The molecule has 1 atom stereocenters. The van der Waals surface area contributed by atoms with Gasteiger partial charge in [0.15, 0.2) is 0 Å². The fourth-order valence-electron chi connectivity index (χ4n) is 2.42. The lowest BCUT2D eigenvalue weighted by Gasteiger charge is -2.18. The topological polar surface area (TPSA) is 98.5 Å². The van der Waals surface area contributed by atoms with Crippen molar-refractivity contribution in [2.24, 2.45) is 0 Å². The Morgan fingerprint density at radius 2 is 1.81 bits per heavy atom. The average molecular weight is 404 g/mol. The monoisotopic (exact) mass is 404 g/mol. The van der Waals surface area contributed by atoms with Crippen LogP contribution in [0.15, 0.2) is 47.4 Å². The number of anilines is 1. The fraction of sp³-hybridized carbons (Fsp3) is 0.250. The molecule has 0 aromatic heterocycles. The number of sulfone groups is 1. The molecule has 2 rings (SSSR count). The second-order valence-corrected chi connectivity index (χ2v) is 7.43. The number of hydrogen-bond acceptors (Lipinski definition) is 6. The Labute approximate surface area is 152 Å². The summed E-state index contributed by atoms with van der Waals surface area (Å²) in [5.41, 5.74) is -5.82. The van der Waals surface area contributed by atoms with Crippen molar-refractivity contribution in [3.63, 3.8) is 0 Å².